The van der Waals surface area contributed by atoms with Crippen LogP contribution in [-0.2, 0) is 30.4 Å². The van der Waals surface area contributed by atoms with Crippen LogP contribution in [0.15, 0.2) is 12.3 Å². The minimum absolute atomic E-state index is 0.0252. The fraction of sp³-hybridized carbons (Fsp3) is 0.588. The number of aliphatic hydroxyl groups excluding tert-OH is 2. The third-order valence-corrected chi connectivity index (χ3v) is 6.13. The number of nitrogens with two attached hydrogens (primary N) is 1. The van der Waals surface area contributed by atoms with Gasteiger partial charge in [-0.3, -0.25) is 13.5 Å². The van der Waals surface area contributed by atoms with Crippen molar-refractivity contribution in [3.63, 3.8) is 0 Å². The maximum absolute atomic E-state index is 12.0. The van der Waals surface area contributed by atoms with Gasteiger partial charge in [-0.05, 0) is 18.9 Å². The van der Waals surface area contributed by atoms with Crippen molar-refractivity contribution in [2.45, 2.75) is 56.6 Å². The van der Waals surface area contributed by atoms with Crippen molar-refractivity contribution in [2.75, 3.05) is 12.3 Å². The van der Waals surface area contributed by atoms with E-state index in [-0.39, 0.29) is 6.42 Å². The first-order chi connectivity index (χ1) is 14.3. The SMILES string of the molecule is Nc1ccnc2c1nc1n2[C@@H]2O[C@H](COS(=O)(=O)NC(=O)CCCCC1)[C@@H](O)[C@H]2O. The molecular weight excluding hydrogens is 418 g/mol. The predicted octanol–water partition coefficient (Wildman–Crippen LogP) is -0.873. The summed E-state index contributed by atoms with van der Waals surface area (Å²) in [6.45, 7) is -0.588. The number of carbonyl (C=O) groups excluding carboxylic acids is 1. The van der Waals surface area contributed by atoms with Gasteiger partial charge in [-0.1, -0.05) is 6.42 Å². The smallest absolute Gasteiger partial charge is 0.362 e. The Balaban J connectivity index is 1.73. The number of rotatable bonds is 0. The summed E-state index contributed by atoms with van der Waals surface area (Å²) in [5.74, 6) is -0.125. The molecule has 0 aromatic carbocycles. The molecular formula is C17H23N5O7S. The van der Waals surface area contributed by atoms with Crippen LogP contribution < -0.4 is 10.5 Å². The van der Waals surface area contributed by atoms with E-state index in [9.17, 15) is 23.4 Å². The van der Waals surface area contributed by atoms with Crippen LogP contribution in [0.5, 0.6) is 0 Å². The van der Waals surface area contributed by atoms with Crippen molar-refractivity contribution in [3.05, 3.63) is 18.1 Å². The van der Waals surface area contributed by atoms with Crippen LogP contribution in [0.25, 0.3) is 11.2 Å². The van der Waals surface area contributed by atoms with Gasteiger partial charge in [0.1, 0.15) is 29.7 Å². The van der Waals surface area contributed by atoms with Gasteiger partial charge in [-0.15, -0.1) is 0 Å². The summed E-state index contributed by atoms with van der Waals surface area (Å²) in [5, 5.41) is 21.0. The molecule has 2 aromatic rings. The number of aliphatic hydroxyl groups is 2. The van der Waals surface area contributed by atoms with Gasteiger partial charge in [-0.25, -0.2) is 14.7 Å². The number of nitrogen functional groups attached to an aromatic ring is 1. The van der Waals surface area contributed by atoms with Crippen molar-refractivity contribution in [2.24, 2.45) is 0 Å². The first-order valence-electron chi connectivity index (χ1n) is 9.60. The number of imidazole rings is 1. The molecule has 2 aromatic heterocycles. The Hall–Kier alpha value is -2.32. The first-order valence-corrected chi connectivity index (χ1v) is 11.0. The molecule has 0 aliphatic carbocycles. The fourth-order valence-corrected chi connectivity index (χ4v) is 4.45. The van der Waals surface area contributed by atoms with Gasteiger partial charge < -0.3 is 20.7 Å². The van der Waals surface area contributed by atoms with Crippen LogP contribution in [-0.4, -0.2) is 64.0 Å². The largest absolute Gasteiger partial charge is 0.397 e. The molecule has 0 saturated carbocycles. The highest BCUT2D eigenvalue weighted by Crippen LogP contribution is 2.34. The molecule has 1 amide bonds. The number of anilines is 1. The van der Waals surface area contributed by atoms with E-state index < -0.39 is 47.4 Å². The van der Waals surface area contributed by atoms with E-state index in [1.165, 1.54) is 6.20 Å². The maximum Gasteiger partial charge on any atom is 0.362 e. The molecule has 1 fully saturated rings. The number of fused-ring (bicyclic) bond motifs is 6. The molecule has 1 saturated heterocycles. The van der Waals surface area contributed by atoms with E-state index in [0.29, 0.717) is 48.4 Å². The molecule has 0 radical (unpaired) electrons. The zero-order chi connectivity index (χ0) is 21.5. The molecule has 0 unspecified atom stereocenters. The van der Waals surface area contributed by atoms with Crippen LogP contribution >= 0.6 is 0 Å². The van der Waals surface area contributed by atoms with Crippen LogP contribution in [0, 0.1) is 0 Å². The normalized spacial score (nSPS) is 30.3. The fourth-order valence-electron chi connectivity index (χ4n) is 3.70. The van der Waals surface area contributed by atoms with E-state index in [1.54, 1.807) is 10.6 Å². The average Bonchev–Trinajstić information content (AvgIpc) is 3.18. The maximum atomic E-state index is 12.0. The van der Waals surface area contributed by atoms with E-state index in [2.05, 4.69) is 9.97 Å². The average molecular weight is 441 g/mol. The lowest BCUT2D eigenvalue weighted by Crippen LogP contribution is -2.37. The summed E-state index contributed by atoms with van der Waals surface area (Å²) in [6.07, 6.45) is -1.26. The molecule has 4 atom stereocenters. The Kier molecular flexibility index (Phi) is 5.63. The molecule has 13 heteroatoms. The topological polar surface area (TPSA) is 179 Å². The van der Waals surface area contributed by atoms with Crippen molar-refractivity contribution in [1.82, 2.24) is 19.3 Å². The molecule has 2 aliphatic rings. The highest BCUT2D eigenvalue weighted by atomic mass is 32.2. The number of pyridine rings is 1. The van der Waals surface area contributed by atoms with Gasteiger partial charge in [0, 0.05) is 19.0 Å². The van der Waals surface area contributed by atoms with Gasteiger partial charge in [0.05, 0.1) is 12.3 Å². The van der Waals surface area contributed by atoms with E-state index in [1.807, 2.05) is 4.72 Å². The molecule has 2 aliphatic heterocycles. The zero-order valence-corrected chi connectivity index (χ0v) is 16.8. The van der Waals surface area contributed by atoms with Crippen LogP contribution in [0.2, 0.25) is 0 Å². The molecule has 30 heavy (non-hydrogen) atoms. The minimum atomic E-state index is -4.37. The van der Waals surface area contributed by atoms with Crippen LogP contribution in [0.4, 0.5) is 5.69 Å². The number of ether oxygens (including phenoxy) is 1. The lowest BCUT2D eigenvalue weighted by molar-refractivity contribution is -0.119. The summed E-state index contributed by atoms with van der Waals surface area (Å²) >= 11 is 0. The van der Waals surface area contributed by atoms with Gasteiger partial charge in [-0.2, -0.15) is 8.42 Å². The molecule has 5 N–H and O–H groups in total. The number of aromatic nitrogens is 3. The van der Waals surface area contributed by atoms with Gasteiger partial charge in [0.15, 0.2) is 11.9 Å². The second-order valence-electron chi connectivity index (χ2n) is 7.34. The molecule has 164 valence electrons. The second-order valence-corrected chi connectivity index (χ2v) is 8.69. The number of aryl methyl sites for hydroxylation is 1. The lowest BCUT2D eigenvalue weighted by Gasteiger charge is -2.19. The minimum Gasteiger partial charge on any atom is -0.397 e. The summed E-state index contributed by atoms with van der Waals surface area (Å²) in [5.41, 5.74) is 7.26. The van der Waals surface area contributed by atoms with E-state index in [4.69, 9.17) is 14.7 Å². The Bertz CT molecular complexity index is 1060. The van der Waals surface area contributed by atoms with Crippen LogP contribution in [0.1, 0.15) is 37.7 Å². The first kappa shape index (κ1) is 20.9. The molecule has 4 rings (SSSR count). The molecule has 0 spiro atoms. The van der Waals surface area contributed by atoms with Crippen molar-refractivity contribution in [3.8, 4) is 0 Å². The highest BCUT2D eigenvalue weighted by molar-refractivity contribution is 7.85. The zero-order valence-electron chi connectivity index (χ0n) is 16.0. The van der Waals surface area contributed by atoms with Crippen molar-refractivity contribution >= 4 is 33.1 Å². The molecule has 2 bridgehead atoms. The predicted molar refractivity (Wildman–Crippen MR) is 103 cm³/mol. The number of nitrogens with zero attached hydrogens (tertiary/aromatic N) is 3. The molecule has 12 nitrogen and oxygen atoms in total. The number of carbonyl (C=O) groups is 1. The Morgan fingerprint density at radius 2 is 1.97 bits per heavy atom. The van der Waals surface area contributed by atoms with Gasteiger partial charge >= 0.3 is 10.3 Å². The monoisotopic (exact) mass is 441 g/mol. The van der Waals surface area contributed by atoms with E-state index in [0.717, 1.165) is 0 Å². The number of hydrogen-bond acceptors (Lipinski definition) is 10. The molecule has 4 heterocycles. The Morgan fingerprint density at radius 3 is 2.77 bits per heavy atom. The van der Waals surface area contributed by atoms with E-state index >= 15 is 0 Å². The summed E-state index contributed by atoms with van der Waals surface area (Å²) in [4.78, 5) is 20.7. The lowest BCUT2D eigenvalue weighted by atomic mass is 10.1. The second kappa shape index (κ2) is 8.07. The van der Waals surface area contributed by atoms with Gasteiger partial charge in [0.2, 0.25) is 5.91 Å². The summed E-state index contributed by atoms with van der Waals surface area (Å²) in [6, 6.07) is 1.61. The summed E-state index contributed by atoms with van der Waals surface area (Å²) < 4.78 is 37.9. The van der Waals surface area contributed by atoms with Gasteiger partial charge in [0.25, 0.3) is 0 Å². The third-order valence-electron chi connectivity index (χ3n) is 5.21. The third kappa shape index (κ3) is 3.98. The Labute approximate surface area is 172 Å². The number of hydrogen-bond donors (Lipinski definition) is 4. The number of amides is 1. The van der Waals surface area contributed by atoms with Crippen molar-refractivity contribution < 1.29 is 32.3 Å². The van der Waals surface area contributed by atoms with Crippen LogP contribution in [0.3, 0.4) is 0 Å². The summed E-state index contributed by atoms with van der Waals surface area (Å²) in [7, 11) is -4.37. The highest BCUT2D eigenvalue weighted by Gasteiger charge is 2.46. The van der Waals surface area contributed by atoms with Crippen molar-refractivity contribution in [1.29, 1.82) is 0 Å². The standard InChI is InChI=1S/C17H23N5O7S/c18-9-6-7-19-16-13(9)20-11-4-2-1-3-5-12(23)21-30(26,27)28-8-10-14(24)15(25)17(29-10)22(11)16/h6-7,10,14-15,17,24-25H,1-5,8H2,(H2,18,19)(H,21,23)/t10-,14-,15-,17-/m1/s1. The quantitative estimate of drug-likeness (QED) is 0.401. The number of nitrogens with one attached hydrogen (secondary N) is 1. The Morgan fingerprint density at radius 1 is 1.20 bits per heavy atom.